The molecule has 1 fully saturated rings. The second-order valence-electron chi connectivity index (χ2n) is 6.51. The third kappa shape index (κ3) is 3.67. The van der Waals surface area contributed by atoms with Crippen molar-refractivity contribution >= 4 is 17.2 Å². The first-order valence-corrected chi connectivity index (χ1v) is 9.65. The van der Waals surface area contributed by atoms with Crippen LogP contribution in [-0.2, 0) is 11.2 Å². The summed E-state index contributed by atoms with van der Waals surface area (Å²) >= 11 is 1.58. The second kappa shape index (κ2) is 7.37. The molecule has 0 unspecified atom stereocenters. The smallest absolute Gasteiger partial charge is 0.230 e. The van der Waals surface area contributed by atoms with Crippen LogP contribution in [0.3, 0.4) is 0 Å². The fourth-order valence-electron chi connectivity index (χ4n) is 3.24. The number of aromatic nitrogens is 3. The van der Waals surface area contributed by atoms with Gasteiger partial charge in [0.15, 0.2) is 0 Å². The van der Waals surface area contributed by atoms with E-state index in [0.717, 1.165) is 42.2 Å². The molecule has 0 radical (unpaired) electrons. The number of carbonyl (C=O) groups excluding carboxylic acids is 1. The number of nitrogens with zero attached hydrogens (tertiary/aromatic N) is 4. The predicted octanol–water partition coefficient (Wildman–Crippen LogP) is 3.45. The fraction of sp³-hybridized carbons (Fsp3) is 0.368. The quantitative estimate of drug-likeness (QED) is 0.705. The van der Waals surface area contributed by atoms with Gasteiger partial charge in [-0.05, 0) is 19.8 Å². The van der Waals surface area contributed by atoms with Gasteiger partial charge in [0.2, 0.25) is 17.6 Å². The highest BCUT2D eigenvalue weighted by Crippen LogP contribution is 2.28. The number of rotatable bonds is 4. The lowest BCUT2D eigenvalue weighted by Gasteiger charge is -2.30. The molecule has 0 atom stereocenters. The largest absolute Gasteiger partial charge is 0.342 e. The first kappa shape index (κ1) is 16.9. The Morgan fingerprint density at radius 3 is 2.69 bits per heavy atom. The average Bonchev–Trinajstić information content (AvgIpc) is 3.32. The number of amides is 1. The van der Waals surface area contributed by atoms with Gasteiger partial charge in [0.25, 0.3) is 0 Å². The van der Waals surface area contributed by atoms with Crippen LogP contribution in [0.5, 0.6) is 0 Å². The minimum Gasteiger partial charge on any atom is -0.342 e. The molecule has 7 heteroatoms. The summed E-state index contributed by atoms with van der Waals surface area (Å²) in [5, 5.41) is 7.06. The van der Waals surface area contributed by atoms with Gasteiger partial charge in [0, 0.05) is 30.0 Å². The highest BCUT2D eigenvalue weighted by Gasteiger charge is 2.27. The van der Waals surface area contributed by atoms with Crippen molar-refractivity contribution in [1.82, 2.24) is 20.0 Å². The van der Waals surface area contributed by atoms with Crippen LogP contribution in [0.15, 0.2) is 40.2 Å². The third-order valence-electron chi connectivity index (χ3n) is 4.67. The van der Waals surface area contributed by atoms with E-state index in [1.807, 2.05) is 47.5 Å². The molecular formula is C19H20N4O2S. The Hall–Kier alpha value is -2.54. The van der Waals surface area contributed by atoms with Crippen molar-refractivity contribution in [3.05, 3.63) is 52.3 Å². The third-order valence-corrected chi connectivity index (χ3v) is 5.49. The Bertz CT molecular complexity index is 882. The van der Waals surface area contributed by atoms with E-state index in [-0.39, 0.29) is 11.8 Å². The maximum absolute atomic E-state index is 12.4. The van der Waals surface area contributed by atoms with Crippen molar-refractivity contribution in [1.29, 1.82) is 0 Å². The molecule has 1 aliphatic heterocycles. The van der Waals surface area contributed by atoms with E-state index in [1.165, 1.54) is 0 Å². The number of aryl methyl sites for hydroxylation is 1. The van der Waals surface area contributed by atoms with Crippen molar-refractivity contribution < 1.29 is 9.32 Å². The van der Waals surface area contributed by atoms with Crippen LogP contribution in [0.1, 0.15) is 35.4 Å². The monoisotopic (exact) mass is 368 g/mol. The van der Waals surface area contributed by atoms with E-state index in [0.29, 0.717) is 18.1 Å². The summed E-state index contributed by atoms with van der Waals surface area (Å²) in [4.78, 5) is 23.3. The Morgan fingerprint density at radius 1 is 1.23 bits per heavy atom. The van der Waals surface area contributed by atoms with E-state index in [1.54, 1.807) is 11.3 Å². The molecule has 1 saturated heterocycles. The van der Waals surface area contributed by atoms with Gasteiger partial charge >= 0.3 is 0 Å². The molecule has 0 N–H and O–H groups in total. The minimum atomic E-state index is 0.143. The molecule has 3 heterocycles. The Labute approximate surface area is 155 Å². The number of benzene rings is 1. The zero-order valence-corrected chi connectivity index (χ0v) is 15.4. The summed E-state index contributed by atoms with van der Waals surface area (Å²) in [6, 6.07) is 9.81. The van der Waals surface area contributed by atoms with Crippen molar-refractivity contribution in [3.8, 4) is 11.4 Å². The molecule has 1 aliphatic rings. The standard InChI is InChI=1S/C19H20N4O2S/c1-13-20-16(12-26-13)11-17(24)23-9-7-15(8-10-23)19-21-18(22-25-19)14-5-3-2-4-6-14/h2-6,12,15H,7-11H2,1H3. The number of thiazole rings is 1. The summed E-state index contributed by atoms with van der Waals surface area (Å²) in [5.41, 5.74) is 1.82. The molecule has 26 heavy (non-hydrogen) atoms. The molecule has 6 nitrogen and oxygen atoms in total. The number of hydrogen-bond donors (Lipinski definition) is 0. The zero-order chi connectivity index (χ0) is 17.9. The Morgan fingerprint density at radius 2 is 2.00 bits per heavy atom. The van der Waals surface area contributed by atoms with Gasteiger partial charge in [-0.1, -0.05) is 35.5 Å². The van der Waals surface area contributed by atoms with Crippen molar-refractivity contribution in [2.24, 2.45) is 0 Å². The molecular weight excluding hydrogens is 348 g/mol. The second-order valence-corrected chi connectivity index (χ2v) is 7.57. The lowest BCUT2D eigenvalue weighted by atomic mass is 9.96. The number of piperidine rings is 1. The molecule has 0 aliphatic carbocycles. The first-order chi connectivity index (χ1) is 12.7. The van der Waals surface area contributed by atoms with Gasteiger partial charge in [-0.15, -0.1) is 11.3 Å². The summed E-state index contributed by atoms with van der Waals surface area (Å²) in [6.45, 7) is 3.39. The van der Waals surface area contributed by atoms with Crippen LogP contribution < -0.4 is 0 Å². The van der Waals surface area contributed by atoms with Crippen LogP contribution >= 0.6 is 11.3 Å². The normalized spacial score (nSPS) is 15.3. The highest BCUT2D eigenvalue weighted by atomic mass is 32.1. The molecule has 3 aromatic rings. The lowest BCUT2D eigenvalue weighted by molar-refractivity contribution is -0.131. The van der Waals surface area contributed by atoms with Crippen molar-refractivity contribution in [2.75, 3.05) is 13.1 Å². The predicted molar refractivity (Wildman–Crippen MR) is 98.8 cm³/mol. The molecule has 1 aromatic carbocycles. The topological polar surface area (TPSA) is 72.1 Å². The summed E-state index contributed by atoms with van der Waals surface area (Å²) < 4.78 is 5.48. The molecule has 0 spiro atoms. The average molecular weight is 368 g/mol. The van der Waals surface area contributed by atoms with E-state index < -0.39 is 0 Å². The molecule has 134 valence electrons. The highest BCUT2D eigenvalue weighted by molar-refractivity contribution is 7.09. The fourth-order valence-corrected chi connectivity index (χ4v) is 3.85. The Balaban J connectivity index is 1.35. The lowest BCUT2D eigenvalue weighted by Crippen LogP contribution is -2.38. The zero-order valence-electron chi connectivity index (χ0n) is 14.6. The van der Waals surface area contributed by atoms with Crippen molar-refractivity contribution in [2.45, 2.75) is 32.1 Å². The van der Waals surface area contributed by atoms with E-state index in [4.69, 9.17) is 4.52 Å². The molecule has 2 aromatic heterocycles. The first-order valence-electron chi connectivity index (χ1n) is 8.77. The molecule has 0 bridgehead atoms. The van der Waals surface area contributed by atoms with Crippen LogP contribution in [0.25, 0.3) is 11.4 Å². The van der Waals surface area contributed by atoms with Crippen LogP contribution in [-0.4, -0.2) is 39.0 Å². The number of carbonyl (C=O) groups is 1. The maximum atomic E-state index is 12.4. The summed E-state index contributed by atoms with van der Waals surface area (Å²) in [7, 11) is 0. The number of hydrogen-bond acceptors (Lipinski definition) is 6. The van der Waals surface area contributed by atoms with Crippen LogP contribution in [0, 0.1) is 6.92 Å². The van der Waals surface area contributed by atoms with Crippen molar-refractivity contribution in [3.63, 3.8) is 0 Å². The SMILES string of the molecule is Cc1nc(CC(=O)N2CCC(c3nc(-c4ccccc4)no3)CC2)cs1. The maximum Gasteiger partial charge on any atom is 0.230 e. The van der Waals surface area contributed by atoms with E-state index >= 15 is 0 Å². The molecule has 1 amide bonds. The Kier molecular flexibility index (Phi) is 4.79. The molecule has 0 saturated carbocycles. The van der Waals surface area contributed by atoms with Gasteiger partial charge in [-0.3, -0.25) is 4.79 Å². The van der Waals surface area contributed by atoms with Gasteiger partial charge in [-0.2, -0.15) is 4.98 Å². The minimum absolute atomic E-state index is 0.143. The van der Waals surface area contributed by atoms with Crippen LogP contribution in [0.4, 0.5) is 0 Å². The van der Waals surface area contributed by atoms with Gasteiger partial charge in [-0.25, -0.2) is 4.98 Å². The van der Waals surface area contributed by atoms with Crippen LogP contribution in [0.2, 0.25) is 0 Å². The summed E-state index contributed by atoms with van der Waals surface area (Å²) in [6.07, 6.45) is 2.07. The number of likely N-dealkylation sites (tertiary alicyclic amines) is 1. The molecule has 4 rings (SSSR count). The summed E-state index contributed by atoms with van der Waals surface area (Å²) in [5.74, 6) is 1.65. The van der Waals surface area contributed by atoms with E-state index in [2.05, 4.69) is 15.1 Å². The van der Waals surface area contributed by atoms with Gasteiger partial charge in [0.1, 0.15) is 0 Å². The van der Waals surface area contributed by atoms with Gasteiger partial charge in [0.05, 0.1) is 17.1 Å². The van der Waals surface area contributed by atoms with E-state index in [9.17, 15) is 4.79 Å². The van der Waals surface area contributed by atoms with Gasteiger partial charge < -0.3 is 9.42 Å².